The fraction of sp³-hybridized carbons (Fsp3) is 0.211. The van der Waals surface area contributed by atoms with Crippen LogP contribution in [-0.2, 0) is 0 Å². The number of aromatic nitrogens is 2. The number of amides is 1. The number of aryl methyl sites for hydroxylation is 2. The van der Waals surface area contributed by atoms with Crippen LogP contribution in [0.1, 0.15) is 50.4 Å². The van der Waals surface area contributed by atoms with Gasteiger partial charge in [-0.1, -0.05) is 18.2 Å². The van der Waals surface area contributed by atoms with Gasteiger partial charge in [-0.15, -0.1) is 0 Å². The maximum Gasteiger partial charge on any atom is 0.335 e. The summed E-state index contributed by atoms with van der Waals surface area (Å²) in [6.07, 6.45) is 1.65. The standard InChI is InChI=1S/C19H19N3O3/c1-10-4-7-16-15(9-20-22-16)17(10)18(23)21-12(3)13-5-6-14(19(24)25)11(2)8-13/h4-9,12H,1-3H3,(H,20,22)(H,21,23)(H,24,25)/t12-/m0/s1. The van der Waals surface area contributed by atoms with E-state index in [0.717, 1.165) is 22.0 Å². The summed E-state index contributed by atoms with van der Waals surface area (Å²) in [5.41, 5.74) is 4.06. The first-order valence-electron chi connectivity index (χ1n) is 7.96. The van der Waals surface area contributed by atoms with Crippen molar-refractivity contribution >= 4 is 22.8 Å². The highest BCUT2D eigenvalue weighted by molar-refractivity contribution is 6.07. The van der Waals surface area contributed by atoms with Crippen LogP contribution in [-0.4, -0.2) is 27.2 Å². The molecule has 3 rings (SSSR count). The molecule has 0 spiro atoms. The highest BCUT2D eigenvalue weighted by atomic mass is 16.4. The molecule has 1 amide bonds. The summed E-state index contributed by atoms with van der Waals surface area (Å²) < 4.78 is 0. The molecule has 0 unspecified atom stereocenters. The molecular formula is C19H19N3O3. The molecule has 0 saturated carbocycles. The van der Waals surface area contributed by atoms with Crippen LogP contribution < -0.4 is 5.32 Å². The number of carboxylic acid groups (broad SMARTS) is 1. The van der Waals surface area contributed by atoms with Crippen molar-refractivity contribution in [3.05, 3.63) is 64.3 Å². The largest absolute Gasteiger partial charge is 0.478 e. The first kappa shape index (κ1) is 16.7. The lowest BCUT2D eigenvalue weighted by Crippen LogP contribution is -2.27. The van der Waals surface area contributed by atoms with E-state index in [-0.39, 0.29) is 17.5 Å². The van der Waals surface area contributed by atoms with Crippen LogP contribution in [0.5, 0.6) is 0 Å². The molecule has 25 heavy (non-hydrogen) atoms. The van der Waals surface area contributed by atoms with Crippen molar-refractivity contribution in [3.63, 3.8) is 0 Å². The lowest BCUT2D eigenvalue weighted by atomic mass is 10.00. The molecule has 2 aromatic carbocycles. The maximum atomic E-state index is 12.8. The fourth-order valence-corrected chi connectivity index (χ4v) is 2.98. The third-order valence-electron chi connectivity index (χ3n) is 4.39. The van der Waals surface area contributed by atoms with E-state index < -0.39 is 5.97 Å². The molecule has 0 fully saturated rings. The Kier molecular flexibility index (Phi) is 4.27. The van der Waals surface area contributed by atoms with Crippen LogP contribution in [0.3, 0.4) is 0 Å². The molecule has 0 aliphatic rings. The van der Waals surface area contributed by atoms with Crippen molar-refractivity contribution in [2.75, 3.05) is 0 Å². The van der Waals surface area contributed by atoms with Crippen LogP contribution in [0.4, 0.5) is 0 Å². The average Bonchev–Trinajstić information content (AvgIpc) is 3.02. The SMILES string of the molecule is Cc1cc([C@H](C)NC(=O)c2c(C)ccc3[nH]ncc23)ccc1C(=O)O. The predicted octanol–water partition coefficient (Wildman–Crippen LogP) is 3.37. The number of hydrogen-bond donors (Lipinski definition) is 3. The Bertz CT molecular complexity index is 975. The summed E-state index contributed by atoms with van der Waals surface area (Å²) in [7, 11) is 0. The third kappa shape index (κ3) is 3.10. The number of hydrogen-bond acceptors (Lipinski definition) is 3. The molecule has 1 atom stereocenters. The number of aromatic carboxylic acids is 1. The van der Waals surface area contributed by atoms with E-state index in [1.807, 2.05) is 26.0 Å². The van der Waals surface area contributed by atoms with Gasteiger partial charge in [0.2, 0.25) is 0 Å². The molecule has 1 heterocycles. The minimum atomic E-state index is -0.956. The zero-order chi connectivity index (χ0) is 18.1. The van der Waals surface area contributed by atoms with Gasteiger partial charge in [0.15, 0.2) is 0 Å². The average molecular weight is 337 g/mol. The molecule has 6 heteroatoms. The number of carboxylic acids is 1. The monoisotopic (exact) mass is 337 g/mol. The van der Waals surface area contributed by atoms with E-state index in [1.54, 1.807) is 31.3 Å². The van der Waals surface area contributed by atoms with Crippen LogP contribution in [0.25, 0.3) is 10.9 Å². The van der Waals surface area contributed by atoms with E-state index in [2.05, 4.69) is 15.5 Å². The Morgan fingerprint density at radius 3 is 2.60 bits per heavy atom. The predicted molar refractivity (Wildman–Crippen MR) is 94.9 cm³/mol. The van der Waals surface area contributed by atoms with Gasteiger partial charge in [-0.05, 0) is 49.6 Å². The topological polar surface area (TPSA) is 95.1 Å². The zero-order valence-corrected chi connectivity index (χ0v) is 14.3. The number of nitrogens with zero attached hydrogens (tertiary/aromatic N) is 1. The van der Waals surface area contributed by atoms with Crippen LogP contribution in [0.15, 0.2) is 36.5 Å². The Labute approximate surface area is 144 Å². The van der Waals surface area contributed by atoms with Gasteiger partial charge in [0.25, 0.3) is 5.91 Å². The lowest BCUT2D eigenvalue weighted by molar-refractivity contribution is 0.0695. The van der Waals surface area contributed by atoms with Gasteiger partial charge in [-0.2, -0.15) is 5.10 Å². The first-order valence-corrected chi connectivity index (χ1v) is 7.96. The summed E-state index contributed by atoms with van der Waals surface area (Å²) >= 11 is 0. The third-order valence-corrected chi connectivity index (χ3v) is 4.39. The van der Waals surface area contributed by atoms with Crippen molar-refractivity contribution in [2.45, 2.75) is 26.8 Å². The molecule has 0 bridgehead atoms. The molecule has 3 aromatic rings. The van der Waals surface area contributed by atoms with Crippen LogP contribution in [0, 0.1) is 13.8 Å². The number of benzene rings is 2. The Balaban J connectivity index is 1.87. The van der Waals surface area contributed by atoms with Crippen molar-refractivity contribution in [2.24, 2.45) is 0 Å². The van der Waals surface area contributed by atoms with Crippen molar-refractivity contribution in [1.82, 2.24) is 15.5 Å². The molecule has 0 aliphatic heterocycles. The van der Waals surface area contributed by atoms with Gasteiger partial charge >= 0.3 is 5.97 Å². The maximum absolute atomic E-state index is 12.8. The highest BCUT2D eigenvalue weighted by Gasteiger charge is 2.18. The minimum absolute atomic E-state index is 0.183. The Morgan fingerprint density at radius 2 is 1.92 bits per heavy atom. The van der Waals surface area contributed by atoms with Crippen LogP contribution in [0.2, 0.25) is 0 Å². The van der Waals surface area contributed by atoms with Gasteiger partial charge in [0.1, 0.15) is 0 Å². The van der Waals surface area contributed by atoms with Gasteiger partial charge in [-0.3, -0.25) is 9.89 Å². The number of rotatable bonds is 4. The molecule has 128 valence electrons. The van der Waals surface area contributed by atoms with E-state index in [0.29, 0.717) is 11.1 Å². The van der Waals surface area contributed by atoms with Crippen molar-refractivity contribution in [1.29, 1.82) is 0 Å². The number of aromatic amines is 1. The number of carbonyl (C=O) groups excluding carboxylic acids is 1. The first-order chi connectivity index (χ1) is 11.9. The zero-order valence-electron chi connectivity index (χ0n) is 14.3. The second-order valence-electron chi connectivity index (χ2n) is 6.16. The summed E-state index contributed by atoms with van der Waals surface area (Å²) in [6.45, 7) is 5.51. The van der Waals surface area contributed by atoms with Gasteiger partial charge in [-0.25, -0.2) is 4.79 Å². The van der Waals surface area contributed by atoms with Crippen molar-refractivity contribution in [3.8, 4) is 0 Å². The normalized spacial score (nSPS) is 12.1. The number of nitrogens with one attached hydrogen (secondary N) is 2. The second-order valence-corrected chi connectivity index (χ2v) is 6.16. The summed E-state index contributed by atoms with van der Waals surface area (Å²) in [6, 6.07) is 8.61. The Morgan fingerprint density at radius 1 is 1.16 bits per heavy atom. The highest BCUT2D eigenvalue weighted by Crippen LogP contribution is 2.22. The molecule has 0 aliphatic carbocycles. The molecule has 6 nitrogen and oxygen atoms in total. The molecule has 3 N–H and O–H groups in total. The van der Waals surface area contributed by atoms with Crippen molar-refractivity contribution < 1.29 is 14.7 Å². The van der Waals surface area contributed by atoms with Gasteiger partial charge < -0.3 is 10.4 Å². The second kappa shape index (κ2) is 6.39. The molecule has 0 radical (unpaired) electrons. The van der Waals surface area contributed by atoms with Gasteiger partial charge in [0.05, 0.1) is 28.9 Å². The lowest BCUT2D eigenvalue weighted by Gasteiger charge is -2.17. The van der Waals surface area contributed by atoms with E-state index in [1.165, 1.54) is 0 Å². The smallest absolute Gasteiger partial charge is 0.335 e. The fourth-order valence-electron chi connectivity index (χ4n) is 2.98. The Hall–Kier alpha value is -3.15. The molecule has 0 saturated heterocycles. The van der Waals surface area contributed by atoms with E-state index >= 15 is 0 Å². The van der Waals surface area contributed by atoms with Crippen LogP contribution >= 0.6 is 0 Å². The minimum Gasteiger partial charge on any atom is -0.478 e. The number of H-pyrrole nitrogens is 1. The van der Waals surface area contributed by atoms with E-state index in [4.69, 9.17) is 5.11 Å². The number of fused-ring (bicyclic) bond motifs is 1. The number of carbonyl (C=O) groups is 2. The van der Waals surface area contributed by atoms with Gasteiger partial charge in [0, 0.05) is 5.39 Å². The van der Waals surface area contributed by atoms with E-state index in [9.17, 15) is 9.59 Å². The summed E-state index contributed by atoms with van der Waals surface area (Å²) in [5, 5.41) is 19.7. The summed E-state index contributed by atoms with van der Waals surface area (Å²) in [4.78, 5) is 23.9. The summed E-state index contributed by atoms with van der Waals surface area (Å²) in [5.74, 6) is -1.14. The molecule has 1 aromatic heterocycles. The molecular weight excluding hydrogens is 318 g/mol. The quantitative estimate of drug-likeness (QED) is 0.680.